The fourth-order valence-corrected chi connectivity index (χ4v) is 7.51. The molecule has 248 valence electrons. The van der Waals surface area contributed by atoms with Gasteiger partial charge in [0, 0.05) is 5.56 Å². The van der Waals surface area contributed by atoms with Crippen molar-refractivity contribution in [2.75, 3.05) is 0 Å². The summed E-state index contributed by atoms with van der Waals surface area (Å²) in [5, 5.41) is 11.4. The van der Waals surface area contributed by atoms with Crippen molar-refractivity contribution in [1.29, 1.82) is 0 Å². The van der Waals surface area contributed by atoms with Crippen LogP contribution in [-0.2, 0) is 38.5 Å². The van der Waals surface area contributed by atoms with E-state index in [1.807, 2.05) is 6.07 Å². The van der Waals surface area contributed by atoms with Gasteiger partial charge in [0.05, 0.1) is 0 Å². The molecular weight excluding hydrogens is 544 g/mol. The first-order valence-corrected chi connectivity index (χ1v) is 19.0. The van der Waals surface area contributed by atoms with E-state index in [-0.39, 0.29) is 5.92 Å². The predicted octanol–water partition coefficient (Wildman–Crippen LogP) is 13.0. The topological polar surface area (TPSA) is 20.2 Å². The van der Waals surface area contributed by atoms with Gasteiger partial charge in [0.1, 0.15) is 5.75 Å². The molecule has 0 heterocycles. The number of phenolic OH excluding ortho intramolecular Hbond substituents is 1. The van der Waals surface area contributed by atoms with E-state index in [1.165, 1.54) is 119 Å². The zero-order valence-electron chi connectivity index (χ0n) is 30.0. The first-order chi connectivity index (χ1) is 21.9. The lowest BCUT2D eigenvalue weighted by Gasteiger charge is -2.25. The number of unbranched alkanes of at least 4 members (excludes halogenated alkanes) is 8. The van der Waals surface area contributed by atoms with Crippen LogP contribution in [0.3, 0.4) is 0 Å². The van der Waals surface area contributed by atoms with Crippen LogP contribution in [0.1, 0.15) is 175 Å². The normalized spacial score (nSPS) is 12.8. The van der Waals surface area contributed by atoms with Gasteiger partial charge in [0.15, 0.2) is 0 Å². The molecule has 0 aliphatic heterocycles. The van der Waals surface area contributed by atoms with Gasteiger partial charge in [-0.1, -0.05) is 141 Å². The average Bonchev–Trinajstić information content (AvgIpc) is 3.03. The number of phenols is 1. The number of aromatic hydroxyl groups is 1. The maximum absolute atomic E-state index is 11.4. The summed E-state index contributed by atoms with van der Waals surface area (Å²) in [6, 6.07) is 20.4. The van der Waals surface area contributed by atoms with Crippen molar-refractivity contribution in [3.8, 4) is 5.75 Å². The first-order valence-electron chi connectivity index (χ1n) is 19.0. The number of hydrogen-bond acceptors (Lipinski definition) is 1. The Kier molecular flexibility index (Phi) is 16.9. The molecule has 0 saturated heterocycles. The molecule has 2 atom stereocenters. The second-order valence-electron chi connectivity index (χ2n) is 13.9. The molecule has 1 N–H and O–H groups in total. The molecule has 2 unspecified atom stereocenters. The summed E-state index contributed by atoms with van der Waals surface area (Å²) in [4.78, 5) is 0. The van der Waals surface area contributed by atoms with Crippen molar-refractivity contribution in [2.45, 2.75) is 169 Å². The van der Waals surface area contributed by atoms with Gasteiger partial charge >= 0.3 is 0 Å². The van der Waals surface area contributed by atoms with E-state index in [1.54, 1.807) is 22.3 Å². The molecule has 3 aromatic carbocycles. The average molecular weight is 611 g/mol. The van der Waals surface area contributed by atoms with Crippen LogP contribution < -0.4 is 0 Å². The summed E-state index contributed by atoms with van der Waals surface area (Å²) in [7, 11) is 0. The fraction of sp³-hybridized carbons (Fsp3) is 0.591. The van der Waals surface area contributed by atoms with Crippen LogP contribution in [0, 0.1) is 0 Å². The molecule has 0 aromatic heterocycles. The summed E-state index contributed by atoms with van der Waals surface area (Å²) in [6.45, 7) is 13.9. The molecule has 3 aromatic rings. The number of hydrogen-bond donors (Lipinski definition) is 1. The molecular formula is C44H66O. The standard InChI is InChI=1S/C44H66O/c1-7-11-15-22-36-24-19-26-38(41(36)28-17-13-9-3)32-34(5)40-30-21-31-43(45)44(40)35(6)33-39-27-20-25-37(23-16-12-8-2)42(39)29-18-14-10-4/h19-21,24-27,30-31,34-35,45H,7-18,22-23,28-29,32-33H2,1-6H3. The smallest absolute Gasteiger partial charge is 0.119 e. The lowest BCUT2D eigenvalue weighted by atomic mass is 9.80. The second kappa shape index (κ2) is 20.6. The highest BCUT2D eigenvalue weighted by Crippen LogP contribution is 2.38. The highest BCUT2D eigenvalue weighted by atomic mass is 16.3. The third-order valence-corrected chi connectivity index (χ3v) is 10.1. The van der Waals surface area contributed by atoms with E-state index < -0.39 is 0 Å². The van der Waals surface area contributed by atoms with Crippen molar-refractivity contribution < 1.29 is 5.11 Å². The number of rotatable bonds is 22. The largest absolute Gasteiger partial charge is 0.508 e. The minimum absolute atomic E-state index is 0.254. The lowest BCUT2D eigenvalue weighted by molar-refractivity contribution is 0.459. The Morgan fingerprint density at radius 2 is 0.867 bits per heavy atom. The summed E-state index contributed by atoms with van der Waals surface area (Å²) >= 11 is 0. The van der Waals surface area contributed by atoms with Gasteiger partial charge in [0.25, 0.3) is 0 Å². The van der Waals surface area contributed by atoms with Crippen molar-refractivity contribution in [3.05, 3.63) is 99.1 Å². The second-order valence-corrected chi connectivity index (χ2v) is 13.9. The van der Waals surface area contributed by atoms with Crippen LogP contribution >= 0.6 is 0 Å². The Morgan fingerprint density at radius 1 is 0.467 bits per heavy atom. The van der Waals surface area contributed by atoms with Gasteiger partial charge in [0.2, 0.25) is 0 Å². The Morgan fingerprint density at radius 3 is 1.33 bits per heavy atom. The van der Waals surface area contributed by atoms with Crippen molar-refractivity contribution >= 4 is 0 Å². The predicted molar refractivity (Wildman–Crippen MR) is 198 cm³/mol. The zero-order chi connectivity index (χ0) is 32.4. The van der Waals surface area contributed by atoms with Crippen LogP contribution in [0.15, 0.2) is 54.6 Å². The molecule has 0 amide bonds. The van der Waals surface area contributed by atoms with Crippen LogP contribution in [-0.4, -0.2) is 5.11 Å². The minimum Gasteiger partial charge on any atom is -0.508 e. The molecule has 45 heavy (non-hydrogen) atoms. The summed E-state index contributed by atoms with van der Waals surface area (Å²) < 4.78 is 0. The molecule has 0 fully saturated rings. The van der Waals surface area contributed by atoms with E-state index in [0.29, 0.717) is 11.7 Å². The fourth-order valence-electron chi connectivity index (χ4n) is 7.51. The molecule has 0 radical (unpaired) electrons. The quantitative estimate of drug-likeness (QED) is 0.112. The highest BCUT2D eigenvalue weighted by molar-refractivity contribution is 5.46. The molecule has 1 nitrogen and oxygen atoms in total. The van der Waals surface area contributed by atoms with E-state index in [4.69, 9.17) is 0 Å². The van der Waals surface area contributed by atoms with Gasteiger partial charge in [-0.3, -0.25) is 0 Å². The summed E-state index contributed by atoms with van der Waals surface area (Å²) in [6.07, 6.45) is 22.1. The SMILES string of the molecule is CCCCCc1cccc(CC(C)c2cccc(O)c2C(C)Cc2cccc(CCCCC)c2CCCCC)c1CCCCC. The van der Waals surface area contributed by atoms with Gasteiger partial charge in [-0.05, 0) is 121 Å². The third-order valence-electron chi connectivity index (χ3n) is 10.1. The molecule has 1 heteroatoms. The lowest BCUT2D eigenvalue weighted by Crippen LogP contribution is -2.11. The molecule has 0 aliphatic carbocycles. The molecule has 0 spiro atoms. The van der Waals surface area contributed by atoms with Crippen molar-refractivity contribution in [1.82, 2.24) is 0 Å². The molecule has 0 bridgehead atoms. The van der Waals surface area contributed by atoms with Gasteiger partial charge in [-0.25, -0.2) is 0 Å². The number of benzene rings is 3. The first kappa shape index (κ1) is 36.9. The van der Waals surface area contributed by atoms with Crippen molar-refractivity contribution in [2.24, 2.45) is 0 Å². The maximum Gasteiger partial charge on any atom is 0.119 e. The van der Waals surface area contributed by atoms with Crippen LogP contribution in [0.4, 0.5) is 0 Å². The summed E-state index contributed by atoms with van der Waals surface area (Å²) in [5.74, 6) is 1.06. The third kappa shape index (κ3) is 11.3. The van der Waals surface area contributed by atoms with E-state index >= 15 is 0 Å². The highest BCUT2D eigenvalue weighted by Gasteiger charge is 2.22. The number of aryl methyl sites for hydroxylation is 2. The van der Waals surface area contributed by atoms with Gasteiger partial charge in [-0.2, -0.15) is 0 Å². The minimum atomic E-state index is 0.254. The van der Waals surface area contributed by atoms with Crippen LogP contribution in [0.2, 0.25) is 0 Å². The molecule has 3 rings (SSSR count). The molecule has 0 aliphatic rings. The van der Waals surface area contributed by atoms with Gasteiger partial charge in [-0.15, -0.1) is 0 Å². The van der Waals surface area contributed by atoms with E-state index in [0.717, 1.165) is 18.4 Å². The molecule has 0 saturated carbocycles. The Labute approximate surface area is 278 Å². The van der Waals surface area contributed by atoms with E-state index in [9.17, 15) is 5.11 Å². The zero-order valence-corrected chi connectivity index (χ0v) is 30.0. The van der Waals surface area contributed by atoms with Crippen LogP contribution in [0.25, 0.3) is 0 Å². The Hall–Kier alpha value is -2.54. The Balaban J connectivity index is 1.90. The monoisotopic (exact) mass is 611 g/mol. The van der Waals surface area contributed by atoms with Crippen molar-refractivity contribution in [3.63, 3.8) is 0 Å². The van der Waals surface area contributed by atoms with E-state index in [2.05, 4.69) is 90.1 Å². The maximum atomic E-state index is 11.4. The Bertz CT molecular complexity index is 1250. The van der Waals surface area contributed by atoms with Crippen LogP contribution in [0.5, 0.6) is 5.75 Å². The summed E-state index contributed by atoms with van der Waals surface area (Å²) in [5.41, 5.74) is 11.8. The van der Waals surface area contributed by atoms with Gasteiger partial charge < -0.3 is 5.11 Å².